The Balaban J connectivity index is 1.88. The Morgan fingerprint density at radius 3 is 2.73 bits per heavy atom. The van der Waals surface area contributed by atoms with Gasteiger partial charge in [-0.3, -0.25) is 9.48 Å². The Morgan fingerprint density at radius 1 is 1.32 bits per heavy atom. The molecule has 0 spiro atoms. The highest BCUT2D eigenvalue weighted by Crippen LogP contribution is 2.33. The Kier molecular flexibility index (Phi) is 3.44. The molecule has 3 rings (SSSR count). The molecule has 1 aliphatic heterocycles. The average Bonchev–Trinajstić information content (AvgIpc) is 3.09. The predicted molar refractivity (Wildman–Crippen MR) is 81.0 cm³/mol. The van der Waals surface area contributed by atoms with Crippen molar-refractivity contribution in [1.82, 2.24) is 9.78 Å². The number of hydrogen-bond donors (Lipinski definition) is 1. The zero-order chi connectivity index (χ0) is 15.9. The highest BCUT2D eigenvalue weighted by atomic mass is 16.4. The number of carboxylic acid groups (broad SMARTS) is 1. The molecule has 2 aromatic rings. The Labute approximate surface area is 128 Å². The van der Waals surface area contributed by atoms with Gasteiger partial charge in [-0.15, -0.1) is 0 Å². The smallest absolute Gasteiger partial charge is 0.356 e. The maximum Gasteiger partial charge on any atom is 0.356 e. The van der Waals surface area contributed by atoms with Crippen LogP contribution in [0.3, 0.4) is 0 Å². The quantitative estimate of drug-likeness (QED) is 0.942. The van der Waals surface area contributed by atoms with Gasteiger partial charge in [0, 0.05) is 17.9 Å². The van der Waals surface area contributed by atoms with E-state index < -0.39 is 12.0 Å². The first kappa shape index (κ1) is 14.3. The van der Waals surface area contributed by atoms with Crippen molar-refractivity contribution >= 4 is 17.6 Å². The topological polar surface area (TPSA) is 75.4 Å². The molecule has 2 unspecified atom stereocenters. The third-order valence-electron chi connectivity index (χ3n) is 4.03. The fourth-order valence-corrected chi connectivity index (χ4v) is 2.88. The van der Waals surface area contributed by atoms with Crippen LogP contribution in [0.5, 0.6) is 0 Å². The number of carbonyl (C=O) groups excluding carboxylic acids is 1. The van der Waals surface area contributed by atoms with E-state index in [9.17, 15) is 9.59 Å². The summed E-state index contributed by atoms with van der Waals surface area (Å²) >= 11 is 0. The molecule has 1 aliphatic rings. The lowest BCUT2D eigenvalue weighted by atomic mass is 10.1. The second-order valence-corrected chi connectivity index (χ2v) is 5.55. The number of para-hydroxylation sites is 1. The summed E-state index contributed by atoms with van der Waals surface area (Å²) in [5.41, 5.74) is 2.02. The van der Waals surface area contributed by atoms with Crippen LogP contribution in [0, 0.1) is 0 Å². The molecule has 6 heteroatoms. The van der Waals surface area contributed by atoms with Crippen LogP contribution in [0.2, 0.25) is 0 Å². The minimum absolute atomic E-state index is 0.0606. The van der Waals surface area contributed by atoms with Crippen molar-refractivity contribution in [2.75, 3.05) is 4.90 Å². The summed E-state index contributed by atoms with van der Waals surface area (Å²) in [6.45, 7) is 3.74. The lowest BCUT2D eigenvalue weighted by molar-refractivity contribution is -0.121. The van der Waals surface area contributed by atoms with Crippen LogP contribution in [0.4, 0.5) is 5.69 Å². The van der Waals surface area contributed by atoms with Crippen LogP contribution >= 0.6 is 0 Å². The molecule has 6 nitrogen and oxygen atoms in total. The van der Waals surface area contributed by atoms with Crippen molar-refractivity contribution in [2.24, 2.45) is 0 Å². The van der Waals surface area contributed by atoms with Crippen molar-refractivity contribution in [3.63, 3.8) is 0 Å². The van der Waals surface area contributed by atoms with Crippen molar-refractivity contribution in [1.29, 1.82) is 0 Å². The van der Waals surface area contributed by atoms with Gasteiger partial charge in [0.05, 0.1) is 0 Å². The fraction of sp³-hybridized carbons (Fsp3) is 0.312. The number of rotatable bonds is 3. The Morgan fingerprint density at radius 2 is 2.05 bits per heavy atom. The molecule has 0 saturated heterocycles. The highest BCUT2D eigenvalue weighted by molar-refractivity contribution is 5.98. The summed E-state index contributed by atoms with van der Waals surface area (Å²) in [5, 5.41) is 12.9. The number of anilines is 1. The number of aromatic carboxylic acids is 1. The lowest BCUT2D eigenvalue weighted by Gasteiger charge is -2.26. The Bertz CT molecular complexity index is 738. The van der Waals surface area contributed by atoms with E-state index in [1.807, 2.05) is 31.2 Å². The number of carboxylic acids is 1. The second kappa shape index (κ2) is 5.29. The highest BCUT2D eigenvalue weighted by Gasteiger charge is 2.33. The molecule has 114 valence electrons. The molecule has 1 aromatic carbocycles. The van der Waals surface area contributed by atoms with Gasteiger partial charge in [-0.1, -0.05) is 18.2 Å². The number of hydrogen-bond acceptors (Lipinski definition) is 3. The molecule has 0 saturated carbocycles. The largest absolute Gasteiger partial charge is 0.476 e. The summed E-state index contributed by atoms with van der Waals surface area (Å²) in [6.07, 6.45) is 2.35. The minimum Gasteiger partial charge on any atom is -0.476 e. The van der Waals surface area contributed by atoms with E-state index in [-0.39, 0.29) is 17.6 Å². The molecular weight excluding hydrogens is 282 g/mol. The predicted octanol–water partition coefficient (Wildman–Crippen LogP) is 2.12. The number of amides is 1. The third kappa shape index (κ3) is 2.26. The maximum absolute atomic E-state index is 12.8. The first-order valence-electron chi connectivity index (χ1n) is 7.18. The Hall–Kier alpha value is -2.63. The molecule has 22 heavy (non-hydrogen) atoms. The van der Waals surface area contributed by atoms with Crippen LogP contribution in [0.15, 0.2) is 36.5 Å². The first-order valence-corrected chi connectivity index (χ1v) is 7.18. The lowest BCUT2D eigenvalue weighted by Crippen LogP contribution is -2.40. The van der Waals surface area contributed by atoms with Crippen LogP contribution in [-0.4, -0.2) is 32.8 Å². The summed E-state index contributed by atoms with van der Waals surface area (Å²) in [7, 11) is 0. The molecule has 0 bridgehead atoms. The van der Waals surface area contributed by atoms with E-state index in [0.29, 0.717) is 0 Å². The number of fused-ring (bicyclic) bond motifs is 1. The van der Waals surface area contributed by atoms with Gasteiger partial charge >= 0.3 is 5.97 Å². The third-order valence-corrected chi connectivity index (χ3v) is 4.03. The van der Waals surface area contributed by atoms with Crippen molar-refractivity contribution in [2.45, 2.75) is 32.4 Å². The van der Waals surface area contributed by atoms with Gasteiger partial charge < -0.3 is 10.0 Å². The first-order chi connectivity index (χ1) is 10.5. The van der Waals surface area contributed by atoms with Crippen molar-refractivity contribution in [3.05, 3.63) is 47.8 Å². The van der Waals surface area contributed by atoms with E-state index in [0.717, 1.165) is 17.7 Å². The van der Waals surface area contributed by atoms with Gasteiger partial charge in [0.15, 0.2) is 5.69 Å². The number of nitrogens with zero attached hydrogens (tertiary/aromatic N) is 3. The van der Waals surface area contributed by atoms with Gasteiger partial charge in [0.1, 0.15) is 6.04 Å². The standard InChI is InChI=1S/C16H17N3O3/c1-10-9-12-5-3-4-6-14(12)19(10)15(20)11(2)18-8-7-13(17-18)16(21)22/h3-8,10-11H,9H2,1-2H3,(H,21,22). The van der Waals surface area contributed by atoms with E-state index >= 15 is 0 Å². The van der Waals surface area contributed by atoms with Gasteiger partial charge in [0.2, 0.25) is 0 Å². The molecule has 1 aromatic heterocycles. The van der Waals surface area contributed by atoms with Crippen LogP contribution in [-0.2, 0) is 11.2 Å². The summed E-state index contributed by atoms with van der Waals surface area (Å²) in [5.74, 6) is -1.18. The molecule has 0 aliphatic carbocycles. The monoisotopic (exact) mass is 299 g/mol. The fourth-order valence-electron chi connectivity index (χ4n) is 2.88. The number of aromatic nitrogens is 2. The number of benzene rings is 1. The van der Waals surface area contributed by atoms with Crippen LogP contribution in [0.1, 0.15) is 35.9 Å². The minimum atomic E-state index is -1.10. The van der Waals surface area contributed by atoms with Crippen molar-refractivity contribution < 1.29 is 14.7 Å². The SMILES string of the molecule is CC1Cc2ccccc2N1C(=O)C(C)n1ccc(C(=O)O)n1. The van der Waals surface area contributed by atoms with E-state index in [1.165, 1.54) is 16.9 Å². The molecule has 0 radical (unpaired) electrons. The summed E-state index contributed by atoms with van der Waals surface area (Å²) in [4.78, 5) is 25.5. The average molecular weight is 299 g/mol. The molecule has 2 heterocycles. The normalized spacial score (nSPS) is 18.1. The number of carbonyl (C=O) groups is 2. The summed E-state index contributed by atoms with van der Waals surface area (Å²) in [6, 6.07) is 8.78. The van der Waals surface area contributed by atoms with Crippen LogP contribution < -0.4 is 4.90 Å². The zero-order valence-electron chi connectivity index (χ0n) is 12.4. The maximum atomic E-state index is 12.8. The van der Waals surface area contributed by atoms with E-state index in [4.69, 9.17) is 5.11 Å². The second-order valence-electron chi connectivity index (χ2n) is 5.55. The van der Waals surface area contributed by atoms with Gasteiger partial charge in [0.25, 0.3) is 5.91 Å². The zero-order valence-corrected chi connectivity index (χ0v) is 12.4. The molecular formula is C16H17N3O3. The van der Waals surface area contributed by atoms with Gasteiger partial charge in [-0.05, 0) is 38.0 Å². The summed E-state index contributed by atoms with van der Waals surface area (Å²) < 4.78 is 1.40. The van der Waals surface area contributed by atoms with Gasteiger partial charge in [-0.2, -0.15) is 5.10 Å². The van der Waals surface area contributed by atoms with Crippen molar-refractivity contribution in [3.8, 4) is 0 Å². The molecule has 1 amide bonds. The molecule has 0 fully saturated rings. The molecule has 1 N–H and O–H groups in total. The molecule has 2 atom stereocenters. The van der Waals surface area contributed by atoms with Gasteiger partial charge in [-0.25, -0.2) is 4.79 Å². The van der Waals surface area contributed by atoms with E-state index in [1.54, 1.807) is 11.8 Å². The van der Waals surface area contributed by atoms with Crippen LogP contribution in [0.25, 0.3) is 0 Å². The van der Waals surface area contributed by atoms with E-state index in [2.05, 4.69) is 5.10 Å².